The van der Waals surface area contributed by atoms with E-state index in [9.17, 15) is 19.1 Å². The monoisotopic (exact) mass is 320 g/mol. The van der Waals surface area contributed by atoms with Crippen LogP contribution in [0.4, 0.5) is 4.39 Å². The van der Waals surface area contributed by atoms with E-state index in [4.69, 9.17) is 4.42 Å². The molecule has 0 spiro atoms. The summed E-state index contributed by atoms with van der Waals surface area (Å²) in [6, 6.07) is 7.80. The zero-order chi connectivity index (χ0) is 16.8. The van der Waals surface area contributed by atoms with Gasteiger partial charge in [0.25, 0.3) is 5.91 Å². The third kappa shape index (κ3) is 4.65. The number of hydrogen-bond donors (Lipinski definition) is 3. The summed E-state index contributed by atoms with van der Waals surface area (Å²) in [5, 5.41) is 15.1. The number of furan rings is 1. The SMILES string of the molecule is C[C@@H](NC(=O)CNC(=O)c1ccco1)[C@@H](O)c1ccc(F)cc1. The maximum atomic E-state index is 12.9. The lowest BCUT2D eigenvalue weighted by Crippen LogP contribution is -2.43. The number of aliphatic hydroxyl groups is 1. The van der Waals surface area contributed by atoms with E-state index in [2.05, 4.69) is 10.6 Å². The lowest BCUT2D eigenvalue weighted by molar-refractivity contribution is -0.121. The van der Waals surface area contributed by atoms with Gasteiger partial charge >= 0.3 is 0 Å². The molecule has 0 fully saturated rings. The smallest absolute Gasteiger partial charge is 0.287 e. The van der Waals surface area contributed by atoms with Crippen molar-refractivity contribution in [3.63, 3.8) is 0 Å². The number of benzene rings is 1. The fraction of sp³-hybridized carbons (Fsp3) is 0.250. The number of amides is 2. The maximum Gasteiger partial charge on any atom is 0.287 e. The van der Waals surface area contributed by atoms with Crippen molar-refractivity contribution in [3.8, 4) is 0 Å². The Labute approximate surface area is 132 Å². The minimum atomic E-state index is -0.986. The molecular weight excluding hydrogens is 303 g/mol. The van der Waals surface area contributed by atoms with Crippen molar-refractivity contribution in [2.24, 2.45) is 0 Å². The molecule has 0 aliphatic rings. The molecule has 6 nitrogen and oxygen atoms in total. The highest BCUT2D eigenvalue weighted by Gasteiger charge is 2.19. The summed E-state index contributed by atoms with van der Waals surface area (Å²) < 4.78 is 17.8. The van der Waals surface area contributed by atoms with E-state index in [0.29, 0.717) is 5.56 Å². The zero-order valence-corrected chi connectivity index (χ0v) is 12.5. The molecule has 1 aromatic carbocycles. The van der Waals surface area contributed by atoms with Gasteiger partial charge in [-0.1, -0.05) is 12.1 Å². The van der Waals surface area contributed by atoms with Gasteiger partial charge in [0.2, 0.25) is 5.91 Å². The first kappa shape index (κ1) is 16.7. The van der Waals surface area contributed by atoms with Crippen LogP contribution in [0.5, 0.6) is 0 Å². The molecule has 0 aliphatic heterocycles. The van der Waals surface area contributed by atoms with Crippen molar-refractivity contribution < 1.29 is 23.5 Å². The first-order valence-electron chi connectivity index (χ1n) is 7.02. The van der Waals surface area contributed by atoms with Crippen LogP contribution in [0.15, 0.2) is 47.1 Å². The number of carbonyl (C=O) groups excluding carboxylic acids is 2. The highest BCUT2D eigenvalue weighted by atomic mass is 19.1. The second kappa shape index (κ2) is 7.55. The van der Waals surface area contributed by atoms with Gasteiger partial charge in [0.1, 0.15) is 5.82 Å². The topological polar surface area (TPSA) is 91.6 Å². The summed E-state index contributed by atoms with van der Waals surface area (Å²) in [5.74, 6) is -1.26. The third-order valence-electron chi connectivity index (χ3n) is 3.23. The third-order valence-corrected chi connectivity index (χ3v) is 3.23. The molecule has 2 amide bonds. The predicted molar refractivity (Wildman–Crippen MR) is 80.0 cm³/mol. The van der Waals surface area contributed by atoms with Gasteiger partial charge in [-0.2, -0.15) is 0 Å². The molecule has 7 heteroatoms. The lowest BCUT2D eigenvalue weighted by Gasteiger charge is -2.20. The Kier molecular flexibility index (Phi) is 5.48. The predicted octanol–water partition coefficient (Wildman–Crippen LogP) is 1.39. The van der Waals surface area contributed by atoms with Gasteiger partial charge in [-0.15, -0.1) is 0 Å². The first-order valence-corrected chi connectivity index (χ1v) is 7.02. The first-order chi connectivity index (χ1) is 11.0. The van der Waals surface area contributed by atoms with E-state index in [1.165, 1.54) is 36.6 Å². The standard InChI is InChI=1S/C16H17FN2O4/c1-10(15(21)11-4-6-12(17)7-5-11)19-14(20)9-18-16(22)13-3-2-8-23-13/h2-8,10,15,21H,9H2,1H3,(H,18,22)(H,19,20)/t10-,15-/m1/s1. The molecule has 0 saturated carbocycles. The molecule has 23 heavy (non-hydrogen) atoms. The highest BCUT2D eigenvalue weighted by molar-refractivity contribution is 5.94. The van der Waals surface area contributed by atoms with Crippen molar-refractivity contribution in [3.05, 3.63) is 59.8 Å². The van der Waals surface area contributed by atoms with Crippen LogP contribution in [0.2, 0.25) is 0 Å². The van der Waals surface area contributed by atoms with Crippen LogP contribution in [-0.4, -0.2) is 29.5 Å². The van der Waals surface area contributed by atoms with E-state index in [-0.39, 0.29) is 12.3 Å². The number of nitrogens with one attached hydrogen (secondary N) is 2. The van der Waals surface area contributed by atoms with Gasteiger partial charge in [0, 0.05) is 0 Å². The van der Waals surface area contributed by atoms with E-state index < -0.39 is 29.8 Å². The van der Waals surface area contributed by atoms with Crippen molar-refractivity contribution in [1.29, 1.82) is 0 Å². The van der Waals surface area contributed by atoms with Gasteiger partial charge in [-0.25, -0.2) is 4.39 Å². The fourth-order valence-electron chi connectivity index (χ4n) is 1.99. The molecule has 0 unspecified atom stereocenters. The summed E-state index contributed by atoms with van der Waals surface area (Å²) in [5.41, 5.74) is 0.485. The Morgan fingerprint density at radius 1 is 1.26 bits per heavy atom. The Hall–Kier alpha value is -2.67. The second-order valence-corrected chi connectivity index (χ2v) is 5.01. The van der Waals surface area contributed by atoms with E-state index >= 15 is 0 Å². The zero-order valence-electron chi connectivity index (χ0n) is 12.5. The number of aliphatic hydroxyl groups excluding tert-OH is 1. The molecule has 0 aliphatic carbocycles. The Morgan fingerprint density at radius 2 is 1.96 bits per heavy atom. The van der Waals surface area contributed by atoms with Crippen molar-refractivity contribution in [1.82, 2.24) is 10.6 Å². The van der Waals surface area contributed by atoms with Gasteiger partial charge in [0.15, 0.2) is 5.76 Å². The van der Waals surface area contributed by atoms with Gasteiger partial charge in [-0.05, 0) is 36.8 Å². The van der Waals surface area contributed by atoms with Crippen LogP contribution < -0.4 is 10.6 Å². The number of rotatable bonds is 6. The second-order valence-electron chi connectivity index (χ2n) is 5.01. The van der Waals surface area contributed by atoms with Crippen LogP contribution in [0.1, 0.15) is 29.1 Å². The Morgan fingerprint density at radius 3 is 2.57 bits per heavy atom. The van der Waals surface area contributed by atoms with E-state index in [1.807, 2.05) is 0 Å². The molecule has 3 N–H and O–H groups in total. The molecule has 2 atom stereocenters. The fourth-order valence-corrected chi connectivity index (χ4v) is 1.99. The van der Waals surface area contributed by atoms with Crippen LogP contribution in [0.25, 0.3) is 0 Å². The summed E-state index contributed by atoms with van der Waals surface area (Å²) in [6.07, 6.45) is 0.371. The van der Waals surface area contributed by atoms with E-state index in [1.54, 1.807) is 13.0 Å². The molecule has 1 heterocycles. The number of hydrogen-bond acceptors (Lipinski definition) is 4. The Bertz CT molecular complexity index is 655. The lowest BCUT2D eigenvalue weighted by atomic mass is 10.0. The summed E-state index contributed by atoms with van der Waals surface area (Å²) >= 11 is 0. The van der Waals surface area contributed by atoms with E-state index in [0.717, 1.165) is 0 Å². The average molecular weight is 320 g/mol. The summed E-state index contributed by atoms with van der Waals surface area (Å²) in [6.45, 7) is 1.36. The minimum absolute atomic E-state index is 0.109. The molecule has 1 aromatic heterocycles. The molecule has 2 aromatic rings. The Balaban J connectivity index is 1.82. The van der Waals surface area contributed by atoms with Crippen molar-refractivity contribution in [2.45, 2.75) is 19.1 Å². The molecule has 0 radical (unpaired) electrons. The van der Waals surface area contributed by atoms with Crippen molar-refractivity contribution in [2.75, 3.05) is 6.54 Å². The maximum absolute atomic E-state index is 12.9. The van der Waals surface area contributed by atoms with Gasteiger partial charge in [-0.3, -0.25) is 9.59 Å². The largest absolute Gasteiger partial charge is 0.459 e. The molecule has 2 rings (SSSR count). The number of halogens is 1. The van der Waals surface area contributed by atoms with Gasteiger partial charge in [0.05, 0.1) is 25.0 Å². The van der Waals surface area contributed by atoms with Crippen LogP contribution in [-0.2, 0) is 4.79 Å². The van der Waals surface area contributed by atoms with Crippen LogP contribution in [0, 0.1) is 5.82 Å². The van der Waals surface area contributed by atoms with Gasteiger partial charge < -0.3 is 20.2 Å². The van der Waals surface area contributed by atoms with Crippen LogP contribution >= 0.6 is 0 Å². The molecule has 0 saturated heterocycles. The number of carbonyl (C=O) groups is 2. The van der Waals surface area contributed by atoms with Crippen molar-refractivity contribution >= 4 is 11.8 Å². The summed E-state index contributed by atoms with van der Waals surface area (Å²) in [4.78, 5) is 23.4. The minimum Gasteiger partial charge on any atom is -0.459 e. The average Bonchev–Trinajstić information content (AvgIpc) is 3.07. The summed E-state index contributed by atoms with van der Waals surface area (Å²) in [7, 11) is 0. The molecule has 122 valence electrons. The quantitative estimate of drug-likeness (QED) is 0.750. The van der Waals surface area contributed by atoms with Crippen LogP contribution in [0.3, 0.4) is 0 Å². The molecule has 0 bridgehead atoms. The normalized spacial score (nSPS) is 13.2. The molecular formula is C16H17FN2O4. The highest BCUT2D eigenvalue weighted by Crippen LogP contribution is 2.16.